The Kier molecular flexibility index (Phi) is 14.4. The first-order valence-electron chi connectivity index (χ1n) is 16.9. The van der Waals surface area contributed by atoms with E-state index in [1.54, 1.807) is 9.80 Å². The summed E-state index contributed by atoms with van der Waals surface area (Å²) in [5.41, 5.74) is 2.04. The highest BCUT2D eigenvalue weighted by atomic mass is 32.1. The molecule has 0 bridgehead atoms. The van der Waals surface area contributed by atoms with Crippen LogP contribution in [0.5, 0.6) is 0 Å². The second kappa shape index (κ2) is 17.8. The first-order valence-corrected chi connectivity index (χ1v) is 16.9. The number of pyridine rings is 1. The van der Waals surface area contributed by atoms with Crippen LogP contribution in [-0.4, -0.2) is 94.5 Å². The Morgan fingerprint density at radius 3 is 2.38 bits per heavy atom. The van der Waals surface area contributed by atoms with Crippen LogP contribution in [0.2, 0.25) is 0 Å². The fraction of sp³-hybridized carbons (Fsp3) is 0.611. The standard InChI is InChI=1S/C36H53N5O6.H2S/c1-35(2,3)46-32(42)38-19-10-11-21-39(30-18-12-16-28-17-13-20-37-31(28)30)24-29-25-40(22-23-41(29)34(44)47-36(4,5)6)33(43)45-26-27-14-8-7-9-15-27;/h7-9,13-15,17,20,29-30H,10-12,16,18-19,21-26H2,1-6H3,(H,38,42);1H2/t29-,30+;/m1./s1. The minimum atomic E-state index is -0.652. The molecule has 1 aromatic heterocycles. The predicted molar refractivity (Wildman–Crippen MR) is 190 cm³/mol. The van der Waals surface area contributed by atoms with E-state index < -0.39 is 23.4 Å². The third-order valence-electron chi connectivity index (χ3n) is 8.17. The Morgan fingerprint density at radius 2 is 1.67 bits per heavy atom. The summed E-state index contributed by atoms with van der Waals surface area (Å²) in [6.45, 7) is 14.1. The Morgan fingerprint density at radius 1 is 0.938 bits per heavy atom. The Hall–Kier alpha value is -3.51. The molecule has 3 amide bonds. The monoisotopic (exact) mass is 685 g/mol. The van der Waals surface area contributed by atoms with Crippen LogP contribution in [0.1, 0.15) is 90.1 Å². The predicted octanol–water partition coefficient (Wildman–Crippen LogP) is 6.44. The second-order valence-electron chi connectivity index (χ2n) is 14.4. The number of rotatable bonds is 10. The Labute approximate surface area is 293 Å². The third kappa shape index (κ3) is 12.2. The highest BCUT2D eigenvalue weighted by Crippen LogP contribution is 2.34. The van der Waals surface area contributed by atoms with Crippen molar-refractivity contribution in [2.45, 2.75) is 104 Å². The van der Waals surface area contributed by atoms with Gasteiger partial charge in [0, 0.05) is 38.9 Å². The molecular weight excluding hydrogens is 630 g/mol. The number of benzene rings is 1. The zero-order valence-corrected chi connectivity index (χ0v) is 30.5. The molecule has 0 saturated carbocycles. The molecule has 1 saturated heterocycles. The van der Waals surface area contributed by atoms with E-state index in [1.807, 2.05) is 84.1 Å². The van der Waals surface area contributed by atoms with E-state index >= 15 is 0 Å². The van der Waals surface area contributed by atoms with Crippen molar-refractivity contribution in [2.24, 2.45) is 0 Å². The van der Waals surface area contributed by atoms with Crippen LogP contribution in [-0.2, 0) is 27.2 Å². The number of unbranched alkanes of at least 4 members (excludes halogenated alkanes) is 1. The maximum atomic E-state index is 13.5. The minimum absolute atomic E-state index is 0. The average Bonchev–Trinajstić information content (AvgIpc) is 3.01. The molecule has 1 aliphatic heterocycles. The van der Waals surface area contributed by atoms with Gasteiger partial charge in [0.15, 0.2) is 0 Å². The van der Waals surface area contributed by atoms with Crippen LogP contribution < -0.4 is 5.32 Å². The summed E-state index contributed by atoms with van der Waals surface area (Å²) in [5.74, 6) is 0. The summed E-state index contributed by atoms with van der Waals surface area (Å²) in [6.07, 6.45) is 5.19. The molecular formula is C36H55N5O6S. The van der Waals surface area contributed by atoms with Crippen molar-refractivity contribution in [2.75, 3.05) is 39.3 Å². The topological polar surface area (TPSA) is 114 Å². The molecule has 2 aromatic rings. The molecule has 48 heavy (non-hydrogen) atoms. The van der Waals surface area contributed by atoms with Crippen molar-refractivity contribution in [1.29, 1.82) is 0 Å². The lowest BCUT2D eigenvalue weighted by molar-refractivity contribution is -0.0124. The van der Waals surface area contributed by atoms with E-state index in [9.17, 15) is 14.4 Å². The van der Waals surface area contributed by atoms with E-state index in [-0.39, 0.29) is 38.3 Å². The first kappa shape index (κ1) is 38.9. The van der Waals surface area contributed by atoms with Crippen molar-refractivity contribution in [3.8, 4) is 0 Å². The molecule has 1 fully saturated rings. The highest BCUT2D eigenvalue weighted by Gasteiger charge is 2.38. The average molecular weight is 686 g/mol. The Balaban J connectivity index is 0.00000625. The van der Waals surface area contributed by atoms with Crippen molar-refractivity contribution >= 4 is 31.8 Å². The normalized spacial score (nSPS) is 18.0. The van der Waals surface area contributed by atoms with Gasteiger partial charge in [0.2, 0.25) is 0 Å². The number of carbonyl (C=O) groups excluding carboxylic acids is 3. The largest absolute Gasteiger partial charge is 0.445 e. The third-order valence-corrected chi connectivity index (χ3v) is 8.17. The second-order valence-corrected chi connectivity index (χ2v) is 14.4. The van der Waals surface area contributed by atoms with Gasteiger partial charge in [-0.1, -0.05) is 36.4 Å². The van der Waals surface area contributed by atoms with Gasteiger partial charge >= 0.3 is 18.3 Å². The fourth-order valence-electron chi connectivity index (χ4n) is 6.08. The van der Waals surface area contributed by atoms with Gasteiger partial charge in [0.05, 0.1) is 17.8 Å². The van der Waals surface area contributed by atoms with Crippen molar-refractivity contribution in [1.82, 2.24) is 25.0 Å². The highest BCUT2D eigenvalue weighted by molar-refractivity contribution is 7.59. The zero-order valence-electron chi connectivity index (χ0n) is 29.5. The van der Waals surface area contributed by atoms with E-state index in [0.29, 0.717) is 32.7 Å². The molecule has 0 spiro atoms. The molecule has 266 valence electrons. The molecule has 1 aliphatic carbocycles. The van der Waals surface area contributed by atoms with Crippen LogP contribution in [0.3, 0.4) is 0 Å². The summed E-state index contributed by atoms with van der Waals surface area (Å²) in [7, 11) is 0. The number of fused-ring (bicyclic) bond motifs is 1. The minimum Gasteiger partial charge on any atom is -0.445 e. The van der Waals surface area contributed by atoms with Gasteiger partial charge < -0.3 is 29.3 Å². The van der Waals surface area contributed by atoms with Crippen LogP contribution in [0, 0.1) is 0 Å². The van der Waals surface area contributed by atoms with Gasteiger partial charge in [0.1, 0.15) is 17.8 Å². The molecule has 11 nitrogen and oxygen atoms in total. The number of hydrogen-bond acceptors (Lipinski definition) is 8. The number of ether oxygens (including phenoxy) is 3. The van der Waals surface area contributed by atoms with Crippen LogP contribution in [0.4, 0.5) is 14.4 Å². The van der Waals surface area contributed by atoms with Crippen LogP contribution in [0.15, 0.2) is 48.7 Å². The van der Waals surface area contributed by atoms with Gasteiger partial charge in [-0.05, 0) is 97.4 Å². The van der Waals surface area contributed by atoms with Crippen molar-refractivity contribution < 1.29 is 28.6 Å². The lowest BCUT2D eigenvalue weighted by atomic mass is 9.90. The van der Waals surface area contributed by atoms with E-state index in [4.69, 9.17) is 19.2 Å². The SMILES string of the molecule is CC(C)(C)OC(=O)NCCCCN(C[C@@H]1CN(C(=O)OCc2ccccc2)CCN1C(=O)OC(C)(C)C)[C@H]1CCCc2cccnc21.S. The summed E-state index contributed by atoms with van der Waals surface area (Å²) in [4.78, 5) is 49.6. The Bertz CT molecular complexity index is 1330. The maximum Gasteiger partial charge on any atom is 0.410 e. The molecule has 1 aromatic carbocycles. The summed E-state index contributed by atoms with van der Waals surface area (Å²) >= 11 is 0. The number of aryl methyl sites for hydroxylation is 1. The molecule has 0 unspecified atom stereocenters. The number of nitrogens with one attached hydrogen (secondary N) is 1. The molecule has 12 heteroatoms. The smallest absolute Gasteiger partial charge is 0.410 e. The zero-order chi connectivity index (χ0) is 34.0. The van der Waals surface area contributed by atoms with Crippen molar-refractivity contribution in [3.63, 3.8) is 0 Å². The molecule has 4 rings (SSSR count). The van der Waals surface area contributed by atoms with Gasteiger partial charge in [-0.15, -0.1) is 0 Å². The van der Waals surface area contributed by atoms with E-state index in [1.165, 1.54) is 5.56 Å². The number of carbonyl (C=O) groups is 3. The molecule has 2 heterocycles. The quantitative estimate of drug-likeness (QED) is 0.225. The van der Waals surface area contributed by atoms with Gasteiger partial charge in [0.25, 0.3) is 0 Å². The number of hydrogen-bond donors (Lipinski definition) is 1. The molecule has 2 aliphatic rings. The lowest BCUT2D eigenvalue weighted by Gasteiger charge is -2.44. The van der Waals surface area contributed by atoms with Gasteiger partial charge in [-0.3, -0.25) is 9.88 Å². The number of aromatic nitrogens is 1. The van der Waals surface area contributed by atoms with E-state index in [2.05, 4.69) is 16.3 Å². The number of piperazine rings is 1. The van der Waals surface area contributed by atoms with E-state index in [0.717, 1.165) is 49.9 Å². The number of alkyl carbamates (subject to hydrolysis) is 1. The maximum absolute atomic E-state index is 13.5. The van der Waals surface area contributed by atoms with Crippen LogP contribution >= 0.6 is 13.5 Å². The lowest BCUT2D eigenvalue weighted by Crippen LogP contribution is -2.60. The fourth-order valence-corrected chi connectivity index (χ4v) is 6.08. The molecule has 1 N–H and O–H groups in total. The number of amides is 3. The molecule has 2 atom stereocenters. The van der Waals surface area contributed by atoms with Gasteiger partial charge in [-0.2, -0.15) is 13.5 Å². The van der Waals surface area contributed by atoms with Crippen molar-refractivity contribution in [3.05, 3.63) is 65.5 Å². The van der Waals surface area contributed by atoms with Gasteiger partial charge in [-0.25, -0.2) is 14.4 Å². The first-order chi connectivity index (χ1) is 22.3. The summed E-state index contributed by atoms with van der Waals surface area (Å²) in [5, 5.41) is 2.86. The van der Waals surface area contributed by atoms with Crippen LogP contribution in [0.25, 0.3) is 0 Å². The number of nitrogens with zero attached hydrogens (tertiary/aromatic N) is 4. The summed E-state index contributed by atoms with van der Waals surface area (Å²) < 4.78 is 16.9. The molecule has 0 radical (unpaired) electrons. The summed E-state index contributed by atoms with van der Waals surface area (Å²) in [6, 6.07) is 13.5.